The molecule has 2 rings (SSSR count). The summed E-state index contributed by atoms with van der Waals surface area (Å²) in [6, 6.07) is 5.97. The second-order valence-corrected chi connectivity index (χ2v) is 4.75. The number of carbonyl (C=O) groups excluding carboxylic acids is 1. The summed E-state index contributed by atoms with van der Waals surface area (Å²) in [6.45, 7) is 0. The summed E-state index contributed by atoms with van der Waals surface area (Å²) in [4.78, 5) is 31.9. The first-order valence-electron chi connectivity index (χ1n) is 6.51. The maximum atomic E-state index is 12.7. The van der Waals surface area contributed by atoms with Crippen molar-refractivity contribution in [2.75, 3.05) is 5.32 Å². The molecule has 8 nitrogen and oxygen atoms in total. The molecule has 0 unspecified atom stereocenters. The van der Waals surface area contributed by atoms with Gasteiger partial charge in [0.05, 0.1) is 21.5 Å². The van der Waals surface area contributed by atoms with Gasteiger partial charge in [-0.05, 0) is 24.3 Å². The van der Waals surface area contributed by atoms with Gasteiger partial charge < -0.3 is 5.32 Å². The Morgan fingerprint density at radius 3 is 2.24 bits per heavy atom. The molecular formula is C14H8F3N3O5. The van der Waals surface area contributed by atoms with Crippen molar-refractivity contribution in [1.82, 2.24) is 0 Å². The maximum Gasteiger partial charge on any atom is 0.416 e. The highest BCUT2D eigenvalue weighted by molar-refractivity contribution is 6.05. The van der Waals surface area contributed by atoms with Crippen LogP contribution < -0.4 is 5.32 Å². The predicted octanol–water partition coefficient (Wildman–Crippen LogP) is 3.77. The number of amides is 1. The molecule has 0 saturated heterocycles. The number of hydrogen-bond donors (Lipinski definition) is 1. The number of hydrogen-bond acceptors (Lipinski definition) is 5. The van der Waals surface area contributed by atoms with E-state index in [2.05, 4.69) is 5.32 Å². The van der Waals surface area contributed by atoms with Crippen LogP contribution in [0.1, 0.15) is 15.9 Å². The van der Waals surface area contributed by atoms with Gasteiger partial charge in [0.25, 0.3) is 17.3 Å². The molecule has 0 fully saturated rings. The molecule has 1 N–H and O–H groups in total. The lowest BCUT2D eigenvalue weighted by atomic mass is 10.1. The molecule has 25 heavy (non-hydrogen) atoms. The summed E-state index contributed by atoms with van der Waals surface area (Å²) < 4.78 is 38.0. The average Bonchev–Trinajstić information content (AvgIpc) is 2.54. The summed E-state index contributed by atoms with van der Waals surface area (Å²) >= 11 is 0. The zero-order chi connectivity index (χ0) is 18.8. The summed E-state index contributed by atoms with van der Waals surface area (Å²) in [7, 11) is 0. The molecule has 130 valence electrons. The lowest BCUT2D eigenvalue weighted by Gasteiger charge is -2.09. The number of rotatable bonds is 4. The first-order chi connectivity index (χ1) is 11.6. The first-order valence-corrected chi connectivity index (χ1v) is 6.51. The fraction of sp³-hybridized carbons (Fsp3) is 0.0714. The molecule has 0 bridgehead atoms. The molecule has 0 heterocycles. The number of alkyl halides is 3. The molecule has 0 aliphatic rings. The Morgan fingerprint density at radius 1 is 1.00 bits per heavy atom. The lowest BCUT2D eigenvalue weighted by Crippen LogP contribution is -2.15. The third-order valence-corrected chi connectivity index (χ3v) is 3.09. The highest BCUT2D eigenvalue weighted by Gasteiger charge is 2.31. The fourth-order valence-electron chi connectivity index (χ4n) is 1.92. The van der Waals surface area contributed by atoms with Crippen LogP contribution in [0.5, 0.6) is 0 Å². The average molecular weight is 355 g/mol. The van der Waals surface area contributed by atoms with Crippen LogP contribution in [-0.4, -0.2) is 15.8 Å². The quantitative estimate of drug-likeness (QED) is 0.662. The summed E-state index contributed by atoms with van der Waals surface area (Å²) in [6.07, 6.45) is -4.66. The first kappa shape index (κ1) is 17.8. The van der Waals surface area contributed by atoms with E-state index in [1.807, 2.05) is 0 Å². The van der Waals surface area contributed by atoms with Gasteiger partial charge in [0.15, 0.2) is 0 Å². The van der Waals surface area contributed by atoms with Crippen molar-refractivity contribution in [3.63, 3.8) is 0 Å². The third kappa shape index (κ3) is 4.07. The number of nitrogens with one attached hydrogen (secondary N) is 1. The number of anilines is 1. The topological polar surface area (TPSA) is 115 Å². The smallest absolute Gasteiger partial charge is 0.316 e. The Morgan fingerprint density at radius 2 is 1.68 bits per heavy atom. The Hall–Kier alpha value is -3.50. The third-order valence-electron chi connectivity index (χ3n) is 3.09. The summed E-state index contributed by atoms with van der Waals surface area (Å²) in [5.74, 6) is -1.02. The van der Waals surface area contributed by atoms with Crippen molar-refractivity contribution >= 4 is 23.0 Å². The molecule has 0 atom stereocenters. The molecule has 2 aromatic carbocycles. The van der Waals surface area contributed by atoms with Crippen LogP contribution >= 0.6 is 0 Å². The van der Waals surface area contributed by atoms with E-state index >= 15 is 0 Å². The van der Waals surface area contributed by atoms with Crippen LogP contribution in [0.4, 0.5) is 30.2 Å². The minimum absolute atomic E-state index is 0.373. The van der Waals surface area contributed by atoms with E-state index < -0.39 is 38.9 Å². The van der Waals surface area contributed by atoms with Crippen LogP contribution in [0, 0.1) is 20.2 Å². The molecule has 11 heteroatoms. The Bertz CT molecular complexity index is 867. The van der Waals surface area contributed by atoms with E-state index in [4.69, 9.17) is 0 Å². The zero-order valence-corrected chi connectivity index (χ0v) is 12.1. The summed E-state index contributed by atoms with van der Waals surface area (Å²) in [5, 5.41) is 23.7. The fourth-order valence-corrected chi connectivity index (χ4v) is 1.92. The van der Waals surface area contributed by atoms with Crippen molar-refractivity contribution in [2.24, 2.45) is 0 Å². The summed E-state index contributed by atoms with van der Waals surface area (Å²) in [5.41, 5.74) is -3.13. The Kier molecular flexibility index (Phi) is 4.68. The van der Waals surface area contributed by atoms with Gasteiger partial charge in [0.2, 0.25) is 0 Å². The highest BCUT2D eigenvalue weighted by atomic mass is 19.4. The van der Waals surface area contributed by atoms with E-state index in [0.29, 0.717) is 12.1 Å². The van der Waals surface area contributed by atoms with E-state index in [-0.39, 0.29) is 11.3 Å². The molecule has 0 saturated carbocycles. The van der Waals surface area contributed by atoms with Gasteiger partial charge in [-0.15, -0.1) is 0 Å². The van der Waals surface area contributed by atoms with Crippen LogP contribution in [-0.2, 0) is 6.18 Å². The molecule has 2 aromatic rings. The van der Waals surface area contributed by atoms with Crippen molar-refractivity contribution in [3.8, 4) is 0 Å². The normalized spacial score (nSPS) is 11.0. The predicted molar refractivity (Wildman–Crippen MR) is 79.1 cm³/mol. The second-order valence-electron chi connectivity index (χ2n) is 4.75. The van der Waals surface area contributed by atoms with Crippen molar-refractivity contribution in [3.05, 3.63) is 73.8 Å². The van der Waals surface area contributed by atoms with Crippen LogP contribution in [0.15, 0.2) is 42.5 Å². The van der Waals surface area contributed by atoms with Crippen LogP contribution in [0.2, 0.25) is 0 Å². The Labute approximate surface area is 137 Å². The molecule has 0 aliphatic heterocycles. The van der Waals surface area contributed by atoms with Gasteiger partial charge in [-0.2, -0.15) is 13.2 Å². The molecule has 0 aliphatic carbocycles. The van der Waals surface area contributed by atoms with Gasteiger partial charge in [0, 0.05) is 11.6 Å². The number of nitro groups is 2. The van der Waals surface area contributed by atoms with Gasteiger partial charge in [-0.25, -0.2) is 0 Å². The zero-order valence-electron chi connectivity index (χ0n) is 12.1. The van der Waals surface area contributed by atoms with E-state index in [1.54, 1.807) is 0 Å². The number of nitro benzene ring substituents is 2. The van der Waals surface area contributed by atoms with Gasteiger partial charge >= 0.3 is 6.18 Å². The largest absolute Gasteiger partial charge is 0.416 e. The second kappa shape index (κ2) is 6.55. The van der Waals surface area contributed by atoms with Gasteiger partial charge in [-0.3, -0.25) is 25.0 Å². The van der Waals surface area contributed by atoms with E-state index in [0.717, 1.165) is 30.3 Å². The number of nitrogens with zero attached hydrogens (tertiary/aromatic N) is 2. The number of non-ortho nitro benzene ring substituents is 1. The monoisotopic (exact) mass is 355 g/mol. The highest BCUT2D eigenvalue weighted by Crippen LogP contribution is 2.31. The van der Waals surface area contributed by atoms with Crippen LogP contribution in [0.25, 0.3) is 0 Å². The van der Waals surface area contributed by atoms with Crippen molar-refractivity contribution in [1.29, 1.82) is 0 Å². The maximum absolute atomic E-state index is 12.7. The minimum atomic E-state index is -4.66. The number of halogens is 3. The molecular weight excluding hydrogens is 347 g/mol. The van der Waals surface area contributed by atoms with Gasteiger partial charge in [-0.1, -0.05) is 6.07 Å². The van der Waals surface area contributed by atoms with Gasteiger partial charge in [0.1, 0.15) is 5.69 Å². The minimum Gasteiger partial charge on any atom is -0.316 e. The molecule has 0 spiro atoms. The van der Waals surface area contributed by atoms with Crippen molar-refractivity contribution in [2.45, 2.75) is 6.18 Å². The SMILES string of the molecule is O=C(Nc1ccc([N+](=O)[O-])cc1[N+](=O)[O-])c1cccc(C(F)(F)F)c1. The lowest BCUT2D eigenvalue weighted by molar-refractivity contribution is -0.393. The van der Waals surface area contributed by atoms with E-state index in [9.17, 15) is 38.2 Å². The molecule has 1 amide bonds. The molecule has 0 aromatic heterocycles. The Balaban J connectivity index is 2.35. The number of carbonyl (C=O) groups is 1. The number of benzene rings is 2. The van der Waals surface area contributed by atoms with Crippen LogP contribution in [0.3, 0.4) is 0 Å². The molecule has 0 radical (unpaired) electrons. The van der Waals surface area contributed by atoms with Crippen molar-refractivity contribution < 1.29 is 27.8 Å². The van der Waals surface area contributed by atoms with E-state index in [1.165, 1.54) is 0 Å². The standard InChI is InChI=1S/C14H8F3N3O5/c15-14(16,17)9-3-1-2-8(6-9)13(21)18-11-5-4-10(19(22)23)7-12(11)20(24)25/h1-7H,(H,18,21).